The number of aromatic nitrogens is 1. The molecule has 6 heteroatoms. The van der Waals surface area contributed by atoms with Crippen LogP contribution >= 0.6 is 0 Å². The maximum atomic E-state index is 12.1. The second-order valence-electron chi connectivity index (χ2n) is 6.56. The third-order valence-corrected chi connectivity index (χ3v) is 4.19. The third-order valence-electron chi connectivity index (χ3n) is 4.19. The van der Waals surface area contributed by atoms with Crippen LogP contribution in [-0.4, -0.2) is 23.5 Å². The van der Waals surface area contributed by atoms with E-state index >= 15 is 0 Å². The zero-order chi connectivity index (χ0) is 19.4. The molecular formula is C21H22N2O4. The van der Waals surface area contributed by atoms with Crippen molar-refractivity contribution in [2.45, 2.75) is 33.6 Å². The summed E-state index contributed by atoms with van der Waals surface area (Å²) in [6, 6.07) is 11.4. The molecule has 1 amide bonds. The van der Waals surface area contributed by atoms with Crippen LogP contribution in [0.1, 0.15) is 29.0 Å². The molecule has 6 nitrogen and oxygen atoms in total. The highest BCUT2D eigenvalue weighted by Crippen LogP contribution is 2.21. The van der Waals surface area contributed by atoms with E-state index in [0.29, 0.717) is 17.9 Å². The molecule has 0 atom stereocenters. The van der Waals surface area contributed by atoms with Crippen LogP contribution in [0.25, 0.3) is 11.1 Å². The fourth-order valence-corrected chi connectivity index (χ4v) is 3.01. The second-order valence-corrected chi connectivity index (χ2v) is 6.56. The van der Waals surface area contributed by atoms with Gasteiger partial charge in [-0.3, -0.25) is 9.59 Å². The Balaban J connectivity index is 1.48. The van der Waals surface area contributed by atoms with Crippen molar-refractivity contribution in [2.75, 3.05) is 11.9 Å². The van der Waals surface area contributed by atoms with E-state index in [0.717, 1.165) is 27.9 Å². The van der Waals surface area contributed by atoms with Crippen molar-refractivity contribution in [3.63, 3.8) is 0 Å². The molecule has 2 aromatic carbocycles. The molecule has 0 saturated heterocycles. The second kappa shape index (κ2) is 8.03. The van der Waals surface area contributed by atoms with Gasteiger partial charge in [0.1, 0.15) is 5.52 Å². The molecule has 0 fully saturated rings. The van der Waals surface area contributed by atoms with Gasteiger partial charge in [0.25, 0.3) is 5.91 Å². The van der Waals surface area contributed by atoms with Gasteiger partial charge in [-0.2, -0.15) is 0 Å². The van der Waals surface area contributed by atoms with E-state index in [9.17, 15) is 9.59 Å². The quantitative estimate of drug-likeness (QED) is 0.670. The number of ether oxygens (including phenoxy) is 1. The summed E-state index contributed by atoms with van der Waals surface area (Å²) >= 11 is 0. The number of rotatable bonds is 6. The van der Waals surface area contributed by atoms with Crippen molar-refractivity contribution in [3.05, 3.63) is 59.0 Å². The minimum absolute atomic E-state index is 0.0999. The van der Waals surface area contributed by atoms with Crippen LogP contribution in [0.3, 0.4) is 0 Å². The van der Waals surface area contributed by atoms with Gasteiger partial charge in [0.2, 0.25) is 0 Å². The number of hydrogen-bond acceptors (Lipinski definition) is 5. The summed E-state index contributed by atoms with van der Waals surface area (Å²) in [6.07, 6.45) is 0.425. The first-order valence-corrected chi connectivity index (χ1v) is 8.80. The van der Waals surface area contributed by atoms with Gasteiger partial charge in [0, 0.05) is 12.1 Å². The minimum atomic E-state index is -0.468. The van der Waals surface area contributed by atoms with Crippen molar-refractivity contribution >= 4 is 28.7 Å². The summed E-state index contributed by atoms with van der Waals surface area (Å²) in [4.78, 5) is 28.3. The molecule has 27 heavy (non-hydrogen) atoms. The van der Waals surface area contributed by atoms with Gasteiger partial charge >= 0.3 is 5.97 Å². The number of amides is 1. The number of anilines is 1. The number of carbonyl (C=O) groups is 2. The molecule has 0 saturated carbocycles. The lowest BCUT2D eigenvalue weighted by Crippen LogP contribution is -2.22. The average Bonchev–Trinajstić information content (AvgIpc) is 3.04. The number of aryl methyl sites for hydroxylation is 4. The topological polar surface area (TPSA) is 81.4 Å². The Morgan fingerprint density at radius 2 is 1.81 bits per heavy atom. The number of hydrogen-bond donors (Lipinski definition) is 1. The van der Waals surface area contributed by atoms with Crippen LogP contribution in [0.4, 0.5) is 5.69 Å². The molecular weight excluding hydrogens is 344 g/mol. The molecule has 0 spiro atoms. The number of para-hydroxylation sites is 2. The van der Waals surface area contributed by atoms with E-state index < -0.39 is 5.97 Å². The van der Waals surface area contributed by atoms with E-state index in [2.05, 4.69) is 10.3 Å². The van der Waals surface area contributed by atoms with E-state index in [1.807, 2.05) is 57.2 Å². The maximum absolute atomic E-state index is 12.1. The van der Waals surface area contributed by atoms with Crippen molar-refractivity contribution in [2.24, 2.45) is 0 Å². The molecule has 0 radical (unpaired) electrons. The number of esters is 1. The van der Waals surface area contributed by atoms with Gasteiger partial charge in [0.05, 0.1) is 6.42 Å². The number of fused-ring (bicyclic) bond motifs is 1. The highest BCUT2D eigenvalue weighted by atomic mass is 16.5. The molecule has 0 aliphatic carbocycles. The summed E-state index contributed by atoms with van der Waals surface area (Å²) in [5.41, 5.74) is 5.28. The Morgan fingerprint density at radius 3 is 2.52 bits per heavy atom. The fourth-order valence-electron chi connectivity index (χ4n) is 3.01. The minimum Gasteiger partial charge on any atom is -0.456 e. The molecule has 0 unspecified atom stereocenters. The number of nitrogens with one attached hydrogen (secondary N) is 1. The number of benzene rings is 2. The van der Waals surface area contributed by atoms with E-state index in [1.165, 1.54) is 0 Å². The van der Waals surface area contributed by atoms with E-state index in [-0.39, 0.29) is 18.9 Å². The highest BCUT2D eigenvalue weighted by Gasteiger charge is 2.13. The SMILES string of the molecule is Cc1cc(C)c(NC(=O)COC(=O)CCc2nc3ccccc3o2)c(C)c1. The summed E-state index contributed by atoms with van der Waals surface area (Å²) < 4.78 is 10.6. The fraction of sp³-hybridized carbons (Fsp3) is 0.286. The number of carbonyl (C=O) groups excluding carboxylic acids is 2. The predicted octanol–water partition coefficient (Wildman–Crippen LogP) is 3.87. The third kappa shape index (κ3) is 4.73. The maximum Gasteiger partial charge on any atom is 0.306 e. The summed E-state index contributed by atoms with van der Waals surface area (Å²) in [5, 5.41) is 2.81. The van der Waals surface area contributed by atoms with Gasteiger partial charge < -0.3 is 14.5 Å². The molecule has 0 bridgehead atoms. The van der Waals surface area contributed by atoms with Gasteiger partial charge in [-0.15, -0.1) is 0 Å². The monoisotopic (exact) mass is 366 g/mol. The predicted molar refractivity (Wildman–Crippen MR) is 103 cm³/mol. The van der Waals surface area contributed by atoms with Crippen LogP contribution in [-0.2, 0) is 20.7 Å². The first-order chi connectivity index (χ1) is 12.9. The lowest BCUT2D eigenvalue weighted by atomic mass is 10.1. The van der Waals surface area contributed by atoms with Gasteiger partial charge in [-0.1, -0.05) is 29.8 Å². The summed E-state index contributed by atoms with van der Waals surface area (Å²) in [7, 11) is 0. The Kier molecular flexibility index (Phi) is 5.54. The molecule has 1 N–H and O–H groups in total. The Bertz CT molecular complexity index is 935. The van der Waals surface area contributed by atoms with Gasteiger partial charge in [0.15, 0.2) is 18.1 Å². The van der Waals surface area contributed by atoms with Crippen LogP contribution in [0.2, 0.25) is 0 Å². The van der Waals surface area contributed by atoms with Crippen LogP contribution in [0.15, 0.2) is 40.8 Å². The smallest absolute Gasteiger partial charge is 0.306 e. The zero-order valence-electron chi connectivity index (χ0n) is 15.7. The molecule has 3 aromatic rings. The van der Waals surface area contributed by atoms with Crippen LogP contribution in [0.5, 0.6) is 0 Å². The summed E-state index contributed by atoms with van der Waals surface area (Å²) in [5.74, 6) is -0.353. The standard InChI is InChI=1S/C21H22N2O4/c1-13-10-14(2)21(15(3)11-13)23-18(24)12-26-20(25)9-8-19-22-16-6-4-5-7-17(16)27-19/h4-7,10-11H,8-9,12H2,1-3H3,(H,23,24). The Morgan fingerprint density at radius 1 is 1.11 bits per heavy atom. The lowest BCUT2D eigenvalue weighted by Gasteiger charge is -2.13. The molecule has 0 aliphatic rings. The molecule has 1 heterocycles. The zero-order valence-corrected chi connectivity index (χ0v) is 15.7. The number of nitrogens with zero attached hydrogens (tertiary/aromatic N) is 1. The van der Waals surface area contributed by atoms with E-state index in [4.69, 9.17) is 9.15 Å². The number of oxazole rings is 1. The summed E-state index contributed by atoms with van der Waals surface area (Å²) in [6.45, 7) is 5.55. The van der Waals surface area contributed by atoms with Gasteiger partial charge in [-0.05, 0) is 44.0 Å². The molecule has 1 aromatic heterocycles. The van der Waals surface area contributed by atoms with Crippen molar-refractivity contribution in [1.29, 1.82) is 0 Å². The van der Waals surface area contributed by atoms with Crippen molar-refractivity contribution in [1.82, 2.24) is 4.98 Å². The van der Waals surface area contributed by atoms with E-state index in [1.54, 1.807) is 0 Å². The highest BCUT2D eigenvalue weighted by molar-refractivity contribution is 5.94. The largest absolute Gasteiger partial charge is 0.456 e. The first-order valence-electron chi connectivity index (χ1n) is 8.80. The molecule has 3 rings (SSSR count). The Labute approximate surface area is 157 Å². The van der Waals surface area contributed by atoms with Crippen LogP contribution in [0, 0.1) is 20.8 Å². The lowest BCUT2D eigenvalue weighted by molar-refractivity contribution is -0.147. The average molecular weight is 366 g/mol. The normalized spacial score (nSPS) is 10.8. The first kappa shape index (κ1) is 18.6. The van der Waals surface area contributed by atoms with Crippen molar-refractivity contribution in [3.8, 4) is 0 Å². The Hall–Kier alpha value is -3.15. The molecule has 140 valence electrons. The van der Waals surface area contributed by atoms with Crippen molar-refractivity contribution < 1.29 is 18.7 Å². The van der Waals surface area contributed by atoms with Gasteiger partial charge in [-0.25, -0.2) is 4.98 Å². The molecule has 0 aliphatic heterocycles. The van der Waals surface area contributed by atoms with Crippen LogP contribution < -0.4 is 5.32 Å².